The lowest BCUT2D eigenvalue weighted by molar-refractivity contribution is 0.0924. The van der Waals surface area contributed by atoms with Gasteiger partial charge in [0.1, 0.15) is 11.3 Å². The molecule has 118 valence electrons. The topological polar surface area (TPSA) is 51.5 Å². The molecule has 0 saturated carbocycles. The summed E-state index contributed by atoms with van der Waals surface area (Å²) in [4.78, 5) is 12.4. The van der Waals surface area contributed by atoms with Gasteiger partial charge in [-0.05, 0) is 42.8 Å². The Bertz CT molecular complexity index is 853. The maximum Gasteiger partial charge on any atom is 0.287 e. The molecule has 0 spiro atoms. The fourth-order valence-corrected chi connectivity index (χ4v) is 2.53. The smallest absolute Gasteiger partial charge is 0.287 e. The minimum Gasteiger partial charge on any atom is -0.497 e. The van der Waals surface area contributed by atoms with Crippen LogP contribution < -0.4 is 10.1 Å². The van der Waals surface area contributed by atoms with Crippen LogP contribution in [0.3, 0.4) is 0 Å². The first kappa shape index (κ1) is 15.4. The number of carbonyl (C=O) groups excluding carboxylic acids is 1. The number of hydrogen-bond acceptors (Lipinski definition) is 3. The molecule has 0 fully saturated rings. The summed E-state index contributed by atoms with van der Waals surface area (Å²) in [6.07, 6.45) is 0. The zero-order valence-electron chi connectivity index (χ0n) is 12.9. The van der Waals surface area contributed by atoms with Crippen molar-refractivity contribution >= 4 is 28.5 Å². The van der Waals surface area contributed by atoms with E-state index in [9.17, 15) is 4.79 Å². The molecule has 1 amide bonds. The fraction of sp³-hybridized carbons (Fsp3) is 0.167. The number of furan rings is 1. The maximum absolute atomic E-state index is 12.4. The quantitative estimate of drug-likeness (QED) is 0.775. The van der Waals surface area contributed by atoms with Crippen molar-refractivity contribution in [1.29, 1.82) is 0 Å². The lowest BCUT2D eigenvalue weighted by Gasteiger charge is -2.04. The highest BCUT2D eigenvalue weighted by Gasteiger charge is 2.17. The van der Waals surface area contributed by atoms with Crippen LogP contribution in [0.25, 0.3) is 11.0 Å². The zero-order chi connectivity index (χ0) is 16.4. The molecule has 4 nitrogen and oxygen atoms in total. The third-order valence-corrected chi connectivity index (χ3v) is 3.97. The number of nitrogens with one attached hydrogen (secondary N) is 1. The first-order chi connectivity index (χ1) is 11.1. The molecule has 0 aliphatic carbocycles. The van der Waals surface area contributed by atoms with E-state index in [0.29, 0.717) is 22.9 Å². The average Bonchev–Trinajstić information content (AvgIpc) is 2.90. The Morgan fingerprint density at radius 3 is 2.65 bits per heavy atom. The van der Waals surface area contributed by atoms with Gasteiger partial charge in [-0.15, -0.1) is 0 Å². The van der Waals surface area contributed by atoms with E-state index in [-0.39, 0.29) is 5.91 Å². The number of fused-ring (bicyclic) bond motifs is 1. The van der Waals surface area contributed by atoms with E-state index < -0.39 is 0 Å². The van der Waals surface area contributed by atoms with Crippen LogP contribution in [0.15, 0.2) is 46.9 Å². The molecule has 0 unspecified atom stereocenters. The molecule has 3 aromatic rings. The lowest BCUT2D eigenvalue weighted by Crippen LogP contribution is -2.22. The van der Waals surface area contributed by atoms with Gasteiger partial charge in [0.2, 0.25) is 0 Å². The van der Waals surface area contributed by atoms with Crippen LogP contribution in [-0.2, 0) is 6.54 Å². The minimum absolute atomic E-state index is 0.243. The Labute approximate surface area is 139 Å². The summed E-state index contributed by atoms with van der Waals surface area (Å²) in [7, 11) is 1.61. The second kappa shape index (κ2) is 6.34. The van der Waals surface area contributed by atoms with E-state index in [1.54, 1.807) is 31.4 Å². The number of aryl methyl sites for hydroxylation is 1. The number of ether oxygens (including phenoxy) is 1. The van der Waals surface area contributed by atoms with Gasteiger partial charge in [0.25, 0.3) is 5.91 Å². The minimum atomic E-state index is -0.243. The van der Waals surface area contributed by atoms with Crippen LogP contribution in [0.2, 0.25) is 5.02 Å². The van der Waals surface area contributed by atoms with E-state index in [4.69, 9.17) is 20.8 Å². The summed E-state index contributed by atoms with van der Waals surface area (Å²) < 4.78 is 10.9. The van der Waals surface area contributed by atoms with Crippen molar-refractivity contribution in [2.45, 2.75) is 13.5 Å². The van der Waals surface area contributed by atoms with Crippen molar-refractivity contribution < 1.29 is 13.9 Å². The van der Waals surface area contributed by atoms with Crippen molar-refractivity contribution in [3.8, 4) is 5.75 Å². The number of rotatable bonds is 4. The van der Waals surface area contributed by atoms with Crippen LogP contribution in [0.1, 0.15) is 21.7 Å². The molecular weight excluding hydrogens is 314 g/mol. The van der Waals surface area contributed by atoms with Gasteiger partial charge in [0, 0.05) is 22.5 Å². The Morgan fingerprint density at radius 2 is 1.96 bits per heavy atom. The molecule has 0 atom stereocenters. The Kier molecular flexibility index (Phi) is 4.26. The molecule has 3 rings (SSSR count). The molecule has 0 bridgehead atoms. The summed E-state index contributed by atoms with van der Waals surface area (Å²) in [6, 6.07) is 12.8. The summed E-state index contributed by atoms with van der Waals surface area (Å²) in [5.41, 5.74) is 2.44. The third kappa shape index (κ3) is 3.17. The summed E-state index contributed by atoms with van der Waals surface area (Å²) in [5, 5.41) is 4.40. The second-order valence-corrected chi connectivity index (χ2v) is 5.66. The van der Waals surface area contributed by atoms with Crippen LogP contribution in [-0.4, -0.2) is 13.0 Å². The monoisotopic (exact) mass is 329 g/mol. The molecule has 0 saturated heterocycles. The molecule has 1 N–H and O–H groups in total. The third-order valence-electron chi connectivity index (χ3n) is 3.72. The van der Waals surface area contributed by atoms with Crippen molar-refractivity contribution in [1.82, 2.24) is 5.32 Å². The second-order valence-electron chi connectivity index (χ2n) is 5.23. The normalized spacial score (nSPS) is 10.7. The van der Waals surface area contributed by atoms with E-state index in [2.05, 4.69) is 5.32 Å². The standard InChI is InChI=1S/C18H16ClNO3/c1-11-15-9-14(22-2)7-8-16(15)23-17(11)18(21)20-10-12-3-5-13(19)6-4-12/h3-9H,10H2,1-2H3,(H,20,21). The maximum atomic E-state index is 12.4. The van der Waals surface area contributed by atoms with E-state index >= 15 is 0 Å². The molecular formula is C18H16ClNO3. The van der Waals surface area contributed by atoms with Crippen molar-refractivity contribution in [2.75, 3.05) is 7.11 Å². The Balaban J connectivity index is 1.80. The van der Waals surface area contributed by atoms with Gasteiger partial charge in [-0.3, -0.25) is 4.79 Å². The van der Waals surface area contributed by atoms with Gasteiger partial charge in [0.05, 0.1) is 7.11 Å². The first-order valence-electron chi connectivity index (χ1n) is 7.18. The van der Waals surface area contributed by atoms with Crippen LogP contribution in [0, 0.1) is 6.92 Å². The number of hydrogen-bond donors (Lipinski definition) is 1. The molecule has 0 radical (unpaired) electrons. The van der Waals surface area contributed by atoms with Crippen LogP contribution >= 0.6 is 11.6 Å². The molecule has 1 aromatic heterocycles. The van der Waals surface area contributed by atoms with Gasteiger partial charge < -0.3 is 14.5 Å². The SMILES string of the molecule is COc1ccc2oc(C(=O)NCc3ccc(Cl)cc3)c(C)c2c1. The molecule has 2 aromatic carbocycles. The van der Waals surface area contributed by atoms with Gasteiger partial charge in [0.15, 0.2) is 5.76 Å². The van der Waals surface area contributed by atoms with E-state index in [1.807, 2.05) is 25.1 Å². The van der Waals surface area contributed by atoms with Crippen molar-refractivity contribution in [3.63, 3.8) is 0 Å². The lowest BCUT2D eigenvalue weighted by atomic mass is 10.1. The summed E-state index contributed by atoms with van der Waals surface area (Å²) >= 11 is 5.85. The molecule has 0 aliphatic heterocycles. The van der Waals surface area contributed by atoms with E-state index in [1.165, 1.54) is 0 Å². The number of methoxy groups -OCH3 is 1. The number of carbonyl (C=O) groups is 1. The largest absolute Gasteiger partial charge is 0.497 e. The van der Waals surface area contributed by atoms with Crippen molar-refractivity contribution in [3.05, 3.63) is 64.4 Å². The fourth-order valence-electron chi connectivity index (χ4n) is 2.41. The summed E-state index contributed by atoms with van der Waals surface area (Å²) in [5.74, 6) is 0.810. The average molecular weight is 330 g/mol. The van der Waals surface area contributed by atoms with Gasteiger partial charge in [-0.25, -0.2) is 0 Å². The first-order valence-corrected chi connectivity index (χ1v) is 7.56. The highest BCUT2D eigenvalue weighted by atomic mass is 35.5. The predicted octanol–water partition coefficient (Wildman–Crippen LogP) is 4.33. The highest BCUT2D eigenvalue weighted by Crippen LogP contribution is 2.28. The van der Waals surface area contributed by atoms with E-state index in [0.717, 1.165) is 22.3 Å². The highest BCUT2D eigenvalue weighted by molar-refractivity contribution is 6.30. The molecule has 5 heteroatoms. The van der Waals surface area contributed by atoms with Gasteiger partial charge in [-0.1, -0.05) is 23.7 Å². The molecule has 1 heterocycles. The predicted molar refractivity (Wildman–Crippen MR) is 90.1 cm³/mol. The number of halogens is 1. The number of amides is 1. The summed E-state index contributed by atoms with van der Waals surface area (Å²) in [6.45, 7) is 2.28. The number of benzene rings is 2. The van der Waals surface area contributed by atoms with Crippen molar-refractivity contribution in [2.24, 2.45) is 0 Å². The Hall–Kier alpha value is -2.46. The van der Waals surface area contributed by atoms with Crippen LogP contribution in [0.5, 0.6) is 5.75 Å². The zero-order valence-corrected chi connectivity index (χ0v) is 13.6. The molecule has 0 aliphatic rings. The molecule has 23 heavy (non-hydrogen) atoms. The van der Waals surface area contributed by atoms with Gasteiger partial charge >= 0.3 is 0 Å². The Morgan fingerprint density at radius 1 is 1.22 bits per heavy atom. The van der Waals surface area contributed by atoms with Gasteiger partial charge in [-0.2, -0.15) is 0 Å². The van der Waals surface area contributed by atoms with Crippen LogP contribution in [0.4, 0.5) is 0 Å².